The number of carbonyl (C=O) groups excluding carboxylic acids is 1. The number of carbonyl (C=O) groups is 1. The van der Waals surface area contributed by atoms with Gasteiger partial charge in [-0.05, 0) is 42.5 Å². The van der Waals surface area contributed by atoms with Crippen molar-refractivity contribution in [1.82, 2.24) is 10.2 Å². The predicted molar refractivity (Wildman–Crippen MR) is 115 cm³/mol. The van der Waals surface area contributed by atoms with E-state index < -0.39 is 6.04 Å². The van der Waals surface area contributed by atoms with Gasteiger partial charge in [0.25, 0.3) is 0 Å². The van der Waals surface area contributed by atoms with E-state index in [4.69, 9.17) is 5.73 Å². The van der Waals surface area contributed by atoms with E-state index in [1.165, 1.54) is 12.1 Å². The third-order valence-electron chi connectivity index (χ3n) is 4.89. The number of nitrogens with one attached hydrogen (secondary N) is 1. The number of hydrogen-bond acceptors (Lipinski definition) is 3. The lowest BCUT2D eigenvalue weighted by Gasteiger charge is -2.32. The van der Waals surface area contributed by atoms with Crippen LogP contribution in [0.1, 0.15) is 24.0 Å². The highest BCUT2D eigenvalue weighted by molar-refractivity contribution is 5.85. The van der Waals surface area contributed by atoms with Crippen molar-refractivity contribution >= 4 is 30.7 Å². The number of piperidine rings is 1. The van der Waals surface area contributed by atoms with Gasteiger partial charge in [-0.2, -0.15) is 0 Å². The Morgan fingerprint density at radius 2 is 1.64 bits per heavy atom. The zero-order valence-corrected chi connectivity index (χ0v) is 17.4. The average Bonchev–Trinajstić information content (AvgIpc) is 2.66. The normalized spacial score (nSPS) is 15.8. The first-order valence-corrected chi connectivity index (χ1v) is 9.17. The van der Waals surface area contributed by atoms with Crippen LogP contribution >= 0.6 is 24.8 Å². The van der Waals surface area contributed by atoms with Gasteiger partial charge in [-0.1, -0.05) is 42.5 Å². The molecule has 3 N–H and O–H groups in total. The summed E-state index contributed by atoms with van der Waals surface area (Å²) in [6, 6.07) is 16.1. The van der Waals surface area contributed by atoms with Gasteiger partial charge in [0.2, 0.25) is 5.91 Å². The van der Waals surface area contributed by atoms with Crippen LogP contribution in [0.15, 0.2) is 54.6 Å². The number of nitrogens with two attached hydrogens (primary N) is 1. The molecule has 0 aliphatic carbocycles. The summed E-state index contributed by atoms with van der Waals surface area (Å²) in [6.45, 7) is 2.64. The van der Waals surface area contributed by atoms with Gasteiger partial charge in [0.05, 0.1) is 6.04 Å². The van der Waals surface area contributed by atoms with Crippen molar-refractivity contribution in [2.75, 3.05) is 13.1 Å². The van der Waals surface area contributed by atoms with Gasteiger partial charge in [0.1, 0.15) is 5.82 Å². The molecule has 1 unspecified atom stereocenters. The molecule has 28 heavy (non-hydrogen) atoms. The van der Waals surface area contributed by atoms with Gasteiger partial charge in [0.15, 0.2) is 0 Å². The molecule has 7 heteroatoms. The molecule has 0 bridgehead atoms. The van der Waals surface area contributed by atoms with Crippen molar-refractivity contribution < 1.29 is 9.18 Å². The maximum Gasteiger partial charge on any atom is 0.237 e. The highest BCUT2D eigenvalue weighted by atomic mass is 35.5. The molecule has 3 rings (SSSR count). The minimum Gasteiger partial charge on any atom is -0.352 e. The van der Waals surface area contributed by atoms with Crippen LogP contribution in [0.4, 0.5) is 4.39 Å². The van der Waals surface area contributed by atoms with Crippen LogP contribution in [0.25, 0.3) is 0 Å². The molecule has 2 aromatic rings. The number of rotatable bonds is 6. The molecule has 0 radical (unpaired) electrons. The first-order valence-electron chi connectivity index (χ1n) is 9.17. The van der Waals surface area contributed by atoms with Crippen LogP contribution in [0.3, 0.4) is 0 Å². The highest BCUT2D eigenvalue weighted by Gasteiger charge is 2.23. The SMILES string of the molecule is Cl.Cl.NC(Cc1ccccc1)C(=O)NC1CCN(Cc2ccc(F)cc2)CC1. The smallest absolute Gasteiger partial charge is 0.237 e. The van der Waals surface area contributed by atoms with Crippen LogP contribution in [0.2, 0.25) is 0 Å². The summed E-state index contributed by atoms with van der Waals surface area (Å²) >= 11 is 0. The molecule has 4 nitrogen and oxygen atoms in total. The number of halogens is 3. The Balaban J connectivity index is 0.00000196. The summed E-state index contributed by atoms with van der Waals surface area (Å²) in [7, 11) is 0. The minimum atomic E-state index is -0.519. The maximum absolute atomic E-state index is 13.0. The van der Waals surface area contributed by atoms with Crippen LogP contribution in [-0.2, 0) is 17.8 Å². The van der Waals surface area contributed by atoms with Gasteiger partial charge in [-0.15, -0.1) is 24.8 Å². The van der Waals surface area contributed by atoms with Crippen molar-refractivity contribution in [2.24, 2.45) is 5.73 Å². The molecular formula is C21H28Cl2FN3O. The maximum atomic E-state index is 13.0. The monoisotopic (exact) mass is 427 g/mol. The Labute approximate surface area is 178 Å². The fraction of sp³-hybridized carbons (Fsp3) is 0.381. The van der Waals surface area contributed by atoms with Crippen LogP contribution in [0, 0.1) is 5.82 Å². The third-order valence-corrected chi connectivity index (χ3v) is 4.89. The van der Waals surface area contributed by atoms with Gasteiger partial charge in [-0.25, -0.2) is 4.39 Å². The quantitative estimate of drug-likeness (QED) is 0.742. The molecule has 1 heterocycles. The molecule has 0 saturated carbocycles. The van der Waals surface area contributed by atoms with E-state index in [9.17, 15) is 9.18 Å². The van der Waals surface area contributed by atoms with E-state index in [1.54, 1.807) is 0 Å². The van der Waals surface area contributed by atoms with Gasteiger partial charge >= 0.3 is 0 Å². The Morgan fingerprint density at radius 1 is 1.04 bits per heavy atom. The average molecular weight is 428 g/mol. The van der Waals surface area contributed by atoms with Gasteiger partial charge in [-0.3, -0.25) is 9.69 Å². The lowest BCUT2D eigenvalue weighted by Crippen LogP contribution is -2.50. The molecule has 0 spiro atoms. The Morgan fingerprint density at radius 3 is 2.25 bits per heavy atom. The van der Waals surface area contributed by atoms with Crippen LogP contribution in [-0.4, -0.2) is 36.0 Å². The number of amides is 1. The van der Waals surface area contributed by atoms with E-state index in [1.807, 2.05) is 42.5 Å². The first kappa shape index (κ1) is 24.4. The molecule has 1 amide bonds. The Hall–Kier alpha value is -1.66. The number of benzene rings is 2. The minimum absolute atomic E-state index is 0. The number of likely N-dealkylation sites (tertiary alicyclic amines) is 1. The summed E-state index contributed by atoms with van der Waals surface area (Å²) < 4.78 is 13.0. The first-order chi connectivity index (χ1) is 12.6. The van der Waals surface area contributed by atoms with Crippen LogP contribution < -0.4 is 11.1 Å². The summed E-state index contributed by atoms with van der Waals surface area (Å²) in [5.74, 6) is -0.284. The van der Waals surface area contributed by atoms with E-state index in [0.29, 0.717) is 6.42 Å². The van der Waals surface area contributed by atoms with Crippen molar-refractivity contribution in [3.8, 4) is 0 Å². The largest absolute Gasteiger partial charge is 0.352 e. The van der Waals surface area contributed by atoms with Crippen molar-refractivity contribution in [2.45, 2.75) is 37.9 Å². The Kier molecular flexibility index (Phi) is 10.5. The number of hydrogen-bond donors (Lipinski definition) is 2. The molecule has 1 saturated heterocycles. The highest BCUT2D eigenvalue weighted by Crippen LogP contribution is 2.14. The van der Waals surface area contributed by atoms with Crippen molar-refractivity contribution in [3.63, 3.8) is 0 Å². The van der Waals surface area contributed by atoms with Crippen molar-refractivity contribution in [1.29, 1.82) is 0 Å². The summed E-state index contributed by atoms with van der Waals surface area (Å²) in [4.78, 5) is 14.7. The lowest BCUT2D eigenvalue weighted by molar-refractivity contribution is -0.123. The van der Waals surface area contributed by atoms with E-state index in [2.05, 4.69) is 10.2 Å². The molecular weight excluding hydrogens is 400 g/mol. The molecule has 1 atom stereocenters. The summed E-state index contributed by atoms with van der Waals surface area (Å²) in [6.07, 6.45) is 2.37. The topological polar surface area (TPSA) is 58.4 Å². The molecule has 1 fully saturated rings. The summed E-state index contributed by atoms with van der Waals surface area (Å²) in [5.41, 5.74) is 8.24. The second-order valence-corrected chi connectivity index (χ2v) is 6.98. The Bertz CT molecular complexity index is 707. The fourth-order valence-electron chi connectivity index (χ4n) is 3.35. The zero-order valence-electron chi connectivity index (χ0n) is 15.7. The second-order valence-electron chi connectivity index (χ2n) is 6.98. The van der Waals surface area contributed by atoms with Gasteiger partial charge in [0, 0.05) is 25.7 Å². The fourth-order valence-corrected chi connectivity index (χ4v) is 3.35. The molecule has 1 aliphatic heterocycles. The zero-order chi connectivity index (χ0) is 18.4. The molecule has 1 aliphatic rings. The third kappa shape index (κ3) is 7.40. The van der Waals surface area contributed by atoms with Crippen LogP contribution in [0.5, 0.6) is 0 Å². The van der Waals surface area contributed by atoms with E-state index in [0.717, 1.165) is 43.6 Å². The molecule has 0 aromatic heterocycles. The standard InChI is InChI=1S/C21H26FN3O.2ClH/c22-18-8-6-17(7-9-18)15-25-12-10-19(11-13-25)24-21(26)20(23)14-16-4-2-1-3-5-16;;/h1-9,19-20H,10-15,23H2,(H,24,26);2*1H. The lowest BCUT2D eigenvalue weighted by atomic mass is 10.0. The predicted octanol–water partition coefficient (Wildman–Crippen LogP) is 3.32. The number of nitrogens with zero attached hydrogens (tertiary/aromatic N) is 1. The van der Waals surface area contributed by atoms with Gasteiger partial charge < -0.3 is 11.1 Å². The van der Waals surface area contributed by atoms with Crippen molar-refractivity contribution in [3.05, 3.63) is 71.5 Å². The molecule has 154 valence electrons. The second kappa shape index (κ2) is 12.0. The molecule has 2 aromatic carbocycles. The van der Waals surface area contributed by atoms with E-state index in [-0.39, 0.29) is 42.6 Å². The van der Waals surface area contributed by atoms with E-state index >= 15 is 0 Å². The summed E-state index contributed by atoms with van der Waals surface area (Å²) in [5, 5.41) is 3.09.